The molecule has 2 aromatic heterocycles. The smallest absolute Gasteiger partial charge is 0.320 e. The van der Waals surface area contributed by atoms with Gasteiger partial charge < -0.3 is 5.32 Å². The van der Waals surface area contributed by atoms with Crippen LogP contribution >= 0.6 is 0 Å². The van der Waals surface area contributed by atoms with Gasteiger partial charge in [-0.2, -0.15) is 9.78 Å². The molecule has 176 valence electrons. The van der Waals surface area contributed by atoms with E-state index in [4.69, 9.17) is 0 Å². The van der Waals surface area contributed by atoms with E-state index >= 15 is 0 Å². The minimum Gasteiger partial charge on any atom is -0.334 e. The standard InChI is InChI=1S/C26H30N6O2/c1-6-19-16(2)28-24(30-23(19)33)32-22(14-21(31-32)26(3,4)5)29-25(34)27-15-18-12-9-11-17-10-7-8-13-20(17)18/h7-14H,6,15H2,1-5H3,(H2,27,29,34)(H,28,30,33). The van der Waals surface area contributed by atoms with Gasteiger partial charge in [-0.15, -0.1) is 0 Å². The molecule has 0 saturated carbocycles. The number of anilines is 1. The number of nitrogens with zero attached hydrogens (tertiary/aromatic N) is 3. The number of hydrogen-bond donors (Lipinski definition) is 3. The predicted octanol–water partition coefficient (Wildman–Crippen LogP) is 4.60. The zero-order valence-corrected chi connectivity index (χ0v) is 20.2. The van der Waals surface area contributed by atoms with Crippen molar-refractivity contribution in [3.8, 4) is 5.95 Å². The van der Waals surface area contributed by atoms with E-state index in [0.29, 0.717) is 30.0 Å². The Kier molecular flexibility index (Phi) is 6.24. The van der Waals surface area contributed by atoms with E-state index in [9.17, 15) is 9.59 Å². The summed E-state index contributed by atoms with van der Waals surface area (Å²) in [5.74, 6) is 0.687. The highest BCUT2D eigenvalue weighted by atomic mass is 16.2. The van der Waals surface area contributed by atoms with E-state index in [0.717, 1.165) is 22.0 Å². The lowest BCUT2D eigenvalue weighted by atomic mass is 9.92. The molecule has 0 atom stereocenters. The van der Waals surface area contributed by atoms with Crippen molar-refractivity contribution in [1.82, 2.24) is 25.1 Å². The van der Waals surface area contributed by atoms with Gasteiger partial charge in [-0.25, -0.2) is 9.78 Å². The molecular formula is C26H30N6O2. The van der Waals surface area contributed by atoms with Crippen molar-refractivity contribution in [2.75, 3.05) is 5.32 Å². The second-order valence-corrected chi connectivity index (χ2v) is 9.33. The van der Waals surface area contributed by atoms with Gasteiger partial charge in [0, 0.05) is 29.3 Å². The number of hydrogen-bond acceptors (Lipinski definition) is 4. The van der Waals surface area contributed by atoms with Crippen LogP contribution in [0.3, 0.4) is 0 Å². The predicted molar refractivity (Wildman–Crippen MR) is 135 cm³/mol. The van der Waals surface area contributed by atoms with Crippen LogP contribution in [0.2, 0.25) is 0 Å². The third-order valence-corrected chi connectivity index (χ3v) is 5.80. The summed E-state index contributed by atoms with van der Waals surface area (Å²) in [7, 11) is 0. The van der Waals surface area contributed by atoms with Crippen LogP contribution in [0.15, 0.2) is 53.3 Å². The summed E-state index contributed by atoms with van der Waals surface area (Å²) in [5, 5.41) is 12.7. The van der Waals surface area contributed by atoms with Crippen LogP contribution in [0, 0.1) is 6.92 Å². The van der Waals surface area contributed by atoms with Gasteiger partial charge in [-0.05, 0) is 29.7 Å². The molecule has 2 heterocycles. The molecule has 0 saturated heterocycles. The maximum atomic E-state index is 12.8. The fourth-order valence-electron chi connectivity index (χ4n) is 3.89. The highest BCUT2D eigenvalue weighted by Crippen LogP contribution is 2.25. The Labute approximate surface area is 198 Å². The van der Waals surface area contributed by atoms with Gasteiger partial charge >= 0.3 is 6.03 Å². The van der Waals surface area contributed by atoms with Crippen molar-refractivity contribution in [3.63, 3.8) is 0 Å². The van der Waals surface area contributed by atoms with Gasteiger partial charge in [-0.1, -0.05) is 70.2 Å². The number of aromatic amines is 1. The Morgan fingerprint density at radius 3 is 2.56 bits per heavy atom. The van der Waals surface area contributed by atoms with Gasteiger partial charge in [-0.3, -0.25) is 15.1 Å². The average molecular weight is 459 g/mol. The largest absolute Gasteiger partial charge is 0.334 e. The molecule has 4 rings (SSSR count). The number of rotatable bonds is 5. The number of carbonyl (C=O) groups is 1. The van der Waals surface area contributed by atoms with E-state index < -0.39 is 0 Å². The summed E-state index contributed by atoms with van der Waals surface area (Å²) < 4.78 is 1.48. The molecule has 34 heavy (non-hydrogen) atoms. The van der Waals surface area contributed by atoms with Crippen molar-refractivity contribution in [2.24, 2.45) is 0 Å². The minimum atomic E-state index is -0.376. The third kappa shape index (κ3) is 4.71. The summed E-state index contributed by atoms with van der Waals surface area (Å²) in [4.78, 5) is 32.7. The van der Waals surface area contributed by atoms with Crippen molar-refractivity contribution in [1.29, 1.82) is 0 Å². The average Bonchev–Trinajstić information content (AvgIpc) is 3.21. The van der Waals surface area contributed by atoms with Gasteiger partial charge in [0.2, 0.25) is 5.95 Å². The maximum Gasteiger partial charge on any atom is 0.320 e. The zero-order valence-electron chi connectivity index (χ0n) is 20.2. The highest BCUT2D eigenvalue weighted by molar-refractivity contribution is 5.90. The molecule has 0 aliphatic rings. The fraction of sp³-hybridized carbons (Fsp3) is 0.308. The molecule has 2 amide bonds. The van der Waals surface area contributed by atoms with E-state index in [1.54, 1.807) is 13.0 Å². The number of urea groups is 1. The van der Waals surface area contributed by atoms with Crippen molar-refractivity contribution >= 4 is 22.6 Å². The first-order chi connectivity index (χ1) is 16.2. The van der Waals surface area contributed by atoms with Gasteiger partial charge in [0.15, 0.2) is 0 Å². The number of aryl methyl sites for hydroxylation is 1. The van der Waals surface area contributed by atoms with Crippen LogP contribution in [-0.2, 0) is 18.4 Å². The Balaban J connectivity index is 1.61. The zero-order chi connectivity index (χ0) is 24.5. The molecule has 0 fully saturated rings. The molecule has 0 aliphatic carbocycles. The van der Waals surface area contributed by atoms with Crippen LogP contribution in [0.4, 0.5) is 10.6 Å². The Morgan fingerprint density at radius 2 is 1.85 bits per heavy atom. The monoisotopic (exact) mass is 458 g/mol. The number of carbonyl (C=O) groups excluding carboxylic acids is 1. The first kappa shape index (κ1) is 23.2. The van der Waals surface area contributed by atoms with Crippen LogP contribution in [0.5, 0.6) is 0 Å². The van der Waals surface area contributed by atoms with E-state index in [1.807, 2.05) is 70.2 Å². The second-order valence-electron chi connectivity index (χ2n) is 9.33. The molecule has 0 bridgehead atoms. The number of amides is 2. The SMILES string of the molecule is CCc1c(C)nc(-n2nc(C(C)(C)C)cc2NC(=O)NCc2cccc3ccccc23)[nH]c1=O. The van der Waals surface area contributed by atoms with Crippen molar-refractivity contribution < 1.29 is 4.79 Å². The maximum absolute atomic E-state index is 12.8. The molecule has 2 aromatic carbocycles. The van der Waals surface area contributed by atoms with Crippen LogP contribution < -0.4 is 16.2 Å². The van der Waals surface area contributed by atoms with Crippen molar-refractivity contribution in [2.45, 2.75) is 53.0 Å². The lowest BCUT2D eigenvalue weighted by Gasteiger charge is -2.14. The van der Waals surface area contributed by atoms with E-state index in [2.05, 4.69) is 25.7 Å². The number of H-pyrrole nitrogens is 1. The lowest BCUT2D eigenvalue weighted by Crippen LogP contribution is -2.29. The molecule has 0 radical (unpaired) electrons. The topological polar surface area (TPSA) is 105 Å². The molecule has 4 aromatic rings. The fourth-order valence-corrected chi connectivity index (χ4v) is 3.89. The second kappa shape index (κ2) is 9.13. The molecule has 3 N–H and O–H groups in total. The van der Waals surface area contributed by atoms with Crippen molar-refractivity contribution in [3.05, 3.63) is 81.4 Å². The molecule has 0 aliphatic heterocycles. The number of nitrogens with one attached hydrogen (secondary N) is 3. The first-order valence-electron chi connectivity index (χ1n) is 11.4. The number of fused-ring (bicyclic) bond motifs is 1. The van der Waals surface area contributed by atoms with Crippen LogP contribution in [0.1, 0.15) is 50.2 Å². The molecule has 8 nitrogen and oxygen atoms in total. The van der Waals surface area contributed by atoms with E-state index in [-0.39, 0.29) is 23.0 Å². The Hall–Kier alpha value is -3.94. The van der Waals surface area contributed by atoms with Crippen LogP contribution in [0.25, 0.3) is 16.7 Å². The minimum absolute atomic E-state index is 0.204. The Bertz CT molecular complexity index is 1410. The molecular weight excluding hydrogens is 428 g/mol. The molecule has 0 spiro atoms. The quantitative estimate of drug-likeness (QED) is 0.406. The Morgan fingerprint density at radius 1 is 1.12 bits per heavy atom. The normalized spacial score (nSPS) is 11.6. The van der Waals surface area contributed by atoms with Gasteiger partial charge in [0.05, 0.1) is 5.69 Å². The van der Waals surface area contributed by atoms with E-state index in [1.165, 1.54) is 4.68 Å². The van der Waals surface area contributed by atoms with Gasteiger partial charge in [0.25, 0.3) is 5.56 Å². The summed E-state index contributed by atoms with van der Waals surface area (Å²) in [6.07, 6.45) is 0.586. The summed E-state index contributed by atoms with van der Waals surface area (Å²) in [6, 6.07) is 15.5. The summed E-state index contributed by atoms with van der Waals surface area (Å²) >= 11 is 0. The summed E-state index contributed by atoms with van der Waals surface area (Å²) in [5.41, 5.74) is 2.59. The van der Waals surface area contributed by atoms with Crippen LogP contribution in [-0.4, -0.2) is 25.8 Å². The molecule has 0 unspecified atom stereocenters. The third-order valence-electron chi connectivity index (χ3n) is 5.80. The number of aromatic nitrogens is 4. The number of benzene rings is 2. The highest BCUT2D eigenvalue weighted by Gasteiger charge is 2.23. The summed E-state index contributed by atoms with van der Waals surface area (Å²) in [6.45, 7) is 10.2. The first-order valence-corrected chi connectivity index (χ1v) is 11.4. The van der Waals surface area contributed by atoms with Gasteiger partial charge in [0.1, 0.15) is 5.82 Å². The molecule has 8 heteroatoms. The lowest BCUT2D eigenvalue weighted by molar-refractivity contribution is 0.251.